The third-order valence-electron chi connectivity index (χ3n) is 4.45. The van der Waals surface area contributed by atoms with E-state index >= 15 is 0 Å². The van der Waals surface area contributed by atoms with Gasteiger partial charge in [0.25, 0.3) is 5.91 Å². The lowest BCUT2D eigenvalue weighted by molar-refractivity contribution is -0.119. The van der Waals surface area contributed by atoms with Crippen LogP contribution in [0.15, 0.2) is 77.7 Å². The van der Waals surface area contributed by atoms with Gasteiger partial charge in [-0.25, -0.2) is 18.4 Å². The van der Waals surface area contributed by atoms with Crippen LogP contribution in [0.1, 0.15) is 21.5 Å². The molecule has 166 valence electrons. The largest absolute Gasteiger partial charge is 0.489 e. The zero-order valence-corrected chi connectivity index (χ0v) is 18.1. The average molecular weight is 455 g/mol. The van der Waals surface area contributed by atoms with E-state index < -0.39 is 28.5 Å². The number of hydrogen-bond acceptors (Lipinski definition) is 6. The van der Waals surface area contributed by atoms with Crippen LogP contribution in [0.2, 0.25) is 0 Å². The lowest BCUT2D eigenvalue weighted by Gasteiger charge is -2.10. The zero-order chi connectivity index (χ0) is 23.1. The maximum absolute atomic E-state index is 12.2. The third kappa shape index (κ3) is 6.40. The maximum atomic E-state index is 12.2. The van der Waals surface area contributed by atoms with Crippen molar-refractivity contribution in [2.75, 3.05) is 11.9 Å². The molecule has 0 fully saturated rings. The Hall–Kier alpha value is -3.69. The average Bonchev–Trinajstić information content (AvgIpc) is 2.77. The summed E-state index contributed by atoms with van der Waals surface area (Å²) in [6.45, 7) is 1.45. The molecular weight excluding hydrogens is 432 g/mol. The molecule has 9 heteroatoms. The van der Waals surface area contributed by atoms with Crippen LogP contribution in [0.25, 0.3) is 0 Å². The number of carbonyl (C=O) groups is 2. The first-order valence-electron chi connectivity index (χ1n) is 9.59. The molecule has 0 aliphatic rings. The highest BCUT2D eigenvalue weighted by molar-refractivity contribution is 7.89. The van der Waals surface area contributed by atoms with Crippen LogP contribution in [0.5, 0.6) is 5.75 Å². The number of aryl methyl sites for hydroxylation is 1. The molecule has 0 heterocycles. The molecule has 0 saturated heterocycles. The van der Waals surface area contributed by atoms with Crippen molar-refractivity contribution in [1.29, 1.82) is 0 Å². The Morgan fingerprint density at radius 2 is 1.66 bits per heavy atom. The number of ether oxygens (including phenoxy) is 2. The summed E-state index contributed by atoms with van der Waals surface area (Å²) in [5.74, 6) is -0.706. The monoisotopic (exact) mass is 454 g/mol. The van der Waals surface area contributed by atoms with Gasteiger partial charge in [-0.1, -0.05) is 36.4 Å². The Balaban J connectivity index is 1.51. The summed E-state index contributed by atoms with van der Waals surface area (Å²) >= 11 is 0. The van der Waals surface area contributed by atoms with Gasteiger partial charge in [0, 0.05) is 5.69 Å². The van der Waals surface area contributed by atoms with Gasteiger partial charge >= 0.3 is 5.97 Å². The summed E-state index contributed by atoms with van der Waals surface area (Å²) in [4.78, 5) is 24.2. The van der Waals surface area contributed by atoms with Crippen molar-refractivity contribution in [1.82, 2.24) is 0 Å². The molecule has 32 heavy (non-hydrogen) atoms. The number of hydrogen-bond donors (Lipinski definition) is 2. The topological polar surface area (TPSA) is 125 Å². The van der Waals surface area contributed by atoms with E-state index in [1.165, 1.54) is 18.2 Å². The molecular formula is C23H22N2O6S. The quantitative estimate of drug-likeness (QED) is 0.504. The Labute approximate surface area is 186 Å². The molecule has 0 bridgehead atoms. The van der Waals surface area contributed by atoms with E-state index in [9.17, 15) is 18.0 Å². The van der Waals surface area contributed by atoms with Crippen LogP contribution < -0.4 is 15.2 Å². The molecule has 0 aliphatic heterocycles. The molecule has 0 aromatic heterocycles. The molecule has 0 spiro atoms. The van der Waals surface area contributed by atoms with E-state index in [0.29, 0.717) is 17.9 Å². The fourth-order valence-corrected chi connectivity index (χ4v) is 3.63. The lowest BCUT2D eigenvalue weighted by atomic mass is 10.2. The summed E-state index contributed by atoms with van der Waals surface area (Å²) in [5, 5.41) is 7.63. The molecule has 0 atom stereocenters. The summed E-state index contributed by atoms with van der Waals surface area (Å²) in [7, 11) is -3.92. The minimum Gasteiger partial charge on any atom is -0.489 e. The number of nitrogens with two attached hydrogens (primary N) is 1. The molecule has 3 aromatic carbocycles. The number of carbonyl (C=O) groups excluding carboxylic acids is 2. The van der Waals surface area contributed by atoms with Crippen molar-refractivity contribution in [2.24, 2.45) is 5.14 Å². The minimum absolute atomic E-state index is 0.0955. The van der Waals surface area contributed by atoms with Crippen molar-refractivity contribution in [3.05, 3.63) is 89.5 Å². The van der Waals surface area contributed by atoms with Gasteiger partial charge in [0.2, 0.25) is 10.0 Å². The number of esters is 1. The van der Waals surface area contributed by atoms with E-state index in [2.05, 4.69) is 5.32 Å². The summed E-state index contributed by atoms with van der Waals surface area (Å²) in [5.41, 5.74) is 1.96. The number of rotatable bonds is 8. The smallest absolute Gasteiger partial charge is 0.338 e. The Kier molecular flexibility index (Phi) is 7.24. The van der Waals surface area contributed by atoms with Crippen LogP contribution in [-0.4, -0.2) is 26.9 Å². The minimum atomic E-state index is -3.92. The van der Waals surface area contributed by atoms with Crippen molar-refractivity contribution >= 4 is 27.6 Å². The van der Waals surface area contributed by atoms with Crippen LogP contribution in [-0.2, 0) is 26.2 Å². The first-order valence-corrected chi connectivity index (χ1v) is 11.1. The number of nitrogens with one attached hydrogen (secondary N) is 1. The van der Waals surface area contributed by atoms with Crippen molar-refractivity contribution < 1.29 is 27.5 Å². The van der Waals surface area contributed by atoms with Gasteiger partial charge in [-0.3, -0.25) is 4.79 Å². The molecule has 0 unspecified atom stereocenters. The number of sulfonamides is 1. The fraction of sp³-hybridized carbons (Fsp3) is 0.130. The van der Waals surface area contributed by atoms with Gasteiger partial charge in [0.1, 0.15) is 12.4 Å². The Morgan fingerprint density at radius 3 is 2.31 bits per heavy atom. The zero-order valence-electron chi connectivity index (χ0n) is 17.3. The van der Waals surface area contributed by atoms with E-state index in [1.807, 2.05) is 30.3 Å². The van der Waals surface area contributed by atoms with Gasteiger partial charge in [-0.2, -0.15) is 0 Å². The predicted molar refractivity (Wildman–Crippen MR) is 119 cm³/mol. The predicted octanol–water partition coefficient (Wildman–Crippen LogP) is 3.02. The highest BCUT2D eigenvalue weighted by atomic mass is 32.2. The van der Waals surface area contributed by atoms with E-state index in [4.69, 9.17) is 14.6 Å². The second-order valence-electron chi connectivity index (χ2n) is 6.95. The van der Waals surface area contributed by atoms with Gasteiger partial charge in [0.05, 0.1) is 10.5 Å². The van der Waals surface area contributed by atoms with Crippen LogP contribution in [0.3, 0.4) is 0 Å². The molecule has 3 aromatic rings. The lowest BCUT2D eigenvalue weighted by Crippen LogP contribution is -2.21. The number of anilines is 1. The van der Waals surface area contributed by atoms with Crippen LogP contribution >= 0.6 is 0 Å². The molecule has 8 nitrogen and oxygen atoms in total. The second kappa shape index (κ2) is 10.1. The summed E-state index contributed by atoms with van der Waals surface area (Å²) in [6.07, 6.45) is 0. The van der Waals surface area contributed by atoms with Crippen molar-refractivity contribution in [3.8, 4) is 5.75 Å². The van der Waals surface area contributed by atoms with Gasteiger partial charge in [0.15, 0.2) is 6.61 Å². The highest BCUT2D eigenvalue weighted by Gasteiger charge is 2.14. The molecule has 0 saturated carbocycles. The second-order valence-corrected chi connectivity index (χ2v) is 8.48. The third-order valence-corrected chi connectivity index (χ3v) is 5.50. The van der Waals surface area contributed by atoms with E-state index in [0.717, 1.165) is 5.56 Å². The number of primary sulfonamides is 1. The fourth-order valence-electron chi connectivity index (χ4n) is 2.82. The van der Waals surface area contributed by atoms with Crippen LogP contribution in [0.4, 0.5) is 5.69 Å². The van der Waals surface area contributed by atoms with Gasteiger partial charge in [-0.05, 0) is 54.4 Å². The number of amides is 1. The molecule has 0 radical (unpaired) electrons. The first kappa shape index (κ1) is 23.0. The van der Waals surface area contributed by atoms with Crippen LogP contribution in [0, 0.1) is 6.92 Å². The van der Waals surface area contributed by atoms with Crippen molar-refractivity contribution in [2.45, 2.75) is 18.4 Å². The number of benzene rings is 3. The molecule has 1 amide bonds. The summed E-state index contributed by atoms with van der Waals surface area (Å²) in [6, 6.07) is 20.3. The van der Waals surface area contributed by atoms with Gasteiger partial charge < -0.3 is 14.8 Å². The van der Waals surface area contributed by atoms with Gasteiger partial charge in [-0.15, -0.1) is 0 Å². The Bertz CT molecular complexity index is 1210. The SMILES string of the molecule is Cc1ccc(NC(=O)COC(=O)c2ccc(OCc3ccccc3)cc2)cc1S(N)(=O)=O. The summed E-state index contributed by atoms with van der Waals surface area (Å²) < 4.78 is 33.9. The highest BCUT2D eigenvalue weighted by Crippen LogP contribution is 2.19. The van der Waals surface area contributed by atoms with E-state index in [-0.39, 0.29) is 16.1 Å². The molecule has 0 aliphatic carbocycles. The molecule has 3 N–H and O–H groups in total. The standard InChI is InChI=1S/C23H22N2O6S/c1-16-7-10-19(13-21(16)32(24,28)29)25-22(26)15-31-23(27)18-8-11-20(12-9-18)30-14-17-5-3-2-4-6-17/h2-13H,14-15H2,1H3,(H,25,26)(H2,24,28,29). The van der Waals surface area contributed by atoms with Crippen molar-refractivity contribution in [3.63, 3.8) is 0 Å². The maximum Gasteiger partial charge on any atom is 0.338 e. The Morgan fingerprint density at radius 1 is 0.969 bits per heavy atom. The first-order chi connectivity index (χ1) is 15.2. The normalized spacial score (nSPS) is 10.9. The van der Waals surface area contributed by atoms with E-state index in [1.54, 1.807) is 31.2 Å². The molecule has 3 rings (SSSR count).